The quantitative estimate of drug-likeness (QED) is 0.0642. The van der Waals surface area contributed by atoms with Crippen molar-refractivity contribution in [3.63, 3.8) is 0 Å². The summed E-state index contributed by atoms with van der Waals surface area (Å²) < 4.78 is 0. The summed E-state index contributed by atoms with van der Waals surface area (Å²) in [6.45, 7) is 48.7. The van der Waals surface area contributed by atoms with Crippen LogP contribution in [-0.4, -0.2) is 332 Å². The second-order valence-corrected chi connectivity index (χ2v) is 51.2. The lowest BCUT2D eigenvalue weighted by atomic mass is 9.99. The average molecular weight is 2140 g/mol. The van der Waals surface area contributed by atoms with Gasteiger partial charge in [0.1, 0.15) is 30.9 Å². The highest BCUT2D eigenvalue weighted by Crippen LogP contribution is 2.45. The molecule has 15 saturated heterocycles. The minimum absolute atomic E-state index is 0.413. The second kappa shape index (κ2) is 51.8. The van der Waals surface area contributed by atoms with Crippen LogP contribution >= 0.6 is 102 Å². The highest BCUT2D eigenvalue weighted by molar-refractivity contribution is 7.20. The average Bonchev–Trinajstić information content (AvgIpc) is 1.70. The van der Waals surface area contributed by atoms with Gasteiger partial charge in [-0.1, -0.05) is 88.8 Å². The van der Waals surface area contributed by atoms with Crippen molar-refractivity contribution in [3.05, 3.63) is 102 Å². The van der Waals surface area contributed by atoms with E-state index in [9.17, 15) is 0 Å². The van der Waals surface area contributed by atoms with E-state index in [4.69, 9.17) is 13.1 Å². The summed E-state index contributed by atoms with van der Waals surface area (Å²) in [5.74, 6) is 3.24. The Bertz CT molecular complexity index is 5280. The van der Waals surface area contributed by atoms with Gasteiger partial charge in [-0.05, 0) is 258 Å². The summed E-state index contributed by atoms with van der Waals surface area (Å²) >= 11 is 15.5. The number of piperidine rings is 15. The molecule has 25 heterocycles. The number of anilines is 10. The zero-order chi connectivity index (χ0) is 97.7. The molecule has 15 aliphatic heterocycles. The van der Waals surface area contributed by atoms with Gasteiger partial charge in [-0.25, -0.2) is 34.6 Å². The molecule has 0 unspecified atom stereocenters. The van der Waals surface area contributed by atoms with Crippen LogP contribution in [0.4, 0.5) is 62.0 Å². The van der Waals surface area contributed by atoms with Gasteiger partial charge in [0.25, 0.3) is 10.0 Å². The van der Waals surface area contributed by atoms with Gasteiger partial charge in [0.15, 0.2) is 20.5 Å². The van der Waals surface area contributed by atoms with E-state index in [0.717, 1.165) is 255 Å². The Hall–Kier alpha value is -7.82. The molecule has 0 aliphatic carbocycles. The van der Waals surface area contributed by atoms with Crippen molar-refractivity contribution in [3.8, 4) is 0 Å². The first-order valence-electron chi connectivity index (χ1n) is 55.3. The number of thiazole rings is 4. The molecule has 0 radical (unpaired) electrons. The predicted octanol–water partition coefficient (Wildman–Crippen LogP) is 19.6. The number of rotatable bonds is 20. The summed E-state index contributed by atoms with van der Waals surface area (Å²) in [4.78, 5) is 71.4. The van der Waals surface area contributed by atoms with E-state index in [-0.39, 0.29) is 0 Å². The Morgan fingerprint density at radius 3 is 0.703 bits per heavy atom. The van der Waals surface area contributed by atoms with Crippen LogP contribution in [0, 0.1) is 13.1 Å². The molecule has 0 bridgehead atoms. The number of likely N-dealkylation sites (tertiary alicyclic amines) is 5. The molecule has 0 spiro atoms. The molecule has 0 N–H and O–H groups in total. The smallest absolute Gasteiger partial charge is 0.262 e. The first-order valence-corrected chi connectivity index (χ1v) is 62.8. The van der Waals surface area contributed by atoms with Crippen LogP contribution in [0.25, 0.3) is 9.69 Å². The molecule has 145 heavy (non-hydrogen) atoms. The first kappa shape index (κ1) is 103. The minimum atomic E-state index is 0.413. The predicted molar refractivity (Wildman–Crippen MR) is 597 cm³/mol. The summed E-state index contributed by atoms with van der Waals surface area (Å²) in [5, 5.41) is 67.2. The van der Waals surface area contributed by atoms with E-state index in [1.54, 1.807) is 70.1 Å². The standard InChI is InChI=1S/2C21H29N7S2.C21H31N7S.2C20H30N6S2/c2*1-22-18-14-23-20(29-18)28-11-5-6-16(15-28)19-24-25-21(30-19)27-12-7-17(8-13-27)26-9-3-2-4-10-26;1-2-10-26(11-3-1)18-6-13-27(14-7-18)21-25-24-20(29-21)17-5-4-12-28(16-17)19-15-22-8-9-23-19;2*1-2-9-24(10-3-1)17-6-12-25(13-7-17)20-23-22-18(28-20)16-5-4-11-26(15-16)19-21-8-14-27-19/h2*14,16-17H,2-13,15H2;8-9,15,17-18H,1-7,10-14,16H2;2*8,14,16-17H,1-7,9-13,15H2/t2*16-;17-;2*16-/m10110/s1. The first-order chi connectivity index (χ1) is 71.7. The third-order valence-corrected chi connectivity index (χ3v) is 42.5. The molecule has 15 aliphatic rings. The Balaban J connectivity index is 0.000000107. The molecule has 0 saturated carbocycles. The molecule has 33 nitrogen and oxygen atoms in total. The van der Waals surface area contributed by atoms with Crippen LogP contribution in [0.3, 0.4) is 0 Å². The molecule has 5 atom stereocenters. The third kappa shape index (κ3) is 27.0. The molecule has 42 heteroatoms. The SMILES string of the molecule is [C-]#[N+]c1cnc(N2CCC[C@@H](c3nnc(N4CCC(N5CCCCC5)CC4)s3)C2)s1.[C-]#[N+]c1cnc(N2CCC[C@H](c3nnc(N4CCC(N5CCCCC5)CC4)s3)C2)s1.c1cnc(N2CCC[C@@H](c3nnc(N4CCC(N5CCCCC5)CC4)s3)C2)cn1.c1csc(N2CCC[C@@H](c3nnc(N4CCC(N5CCCCC5)CC4)s3)C2)n1.c1csc(N2CCC[C@H](c3nnc(N4CCC(N5CCCCC5)CC4)s3)C2)n1. The summed E-state index contributed by atoms with van der Waals surface area (Å²) in [6, 6.07) is 3.88. The maximum Gasteiger partial charge on any atom is 0.262 e. The van der Waals surface area contributed by atoms with E-state index in [1.165, 1.54) is 296 Å². The van der Waals surface area contributed by atoms with Gasteiger partial charge >= 0.3 is 0 Å². The van der Waals surface area contributed by atoms with Crippen molar-refractivity contribution < 1.29 is 0 Å². The van der Waals surface area contributed by atoms with E-state index in [0.29, 0.717) is 39.6 Å². The van der Waals surface area contributed by atoms with Gasteiger partial charge < -0.3 is 73.5 Å². The van der Waals surface area contributed by atoms with E-state index >= 15 is 0 Å². The monoisotopic (exact) mass is 2140 g/mol. The largest absolute Gasteiger partial charge is 0.355 e. The molecule has 15 fully saturated rings. The van der Waals surface area contributed by atoms with Gasteiger partial charge in [0.05, 0.1) is 19.3 Å². The van der Waals surface area contributed by atoms with Crippen molar-refractivity contribution in [1.82, 2.24) is 105 Å². The van der Waals surface area contributed by atoms with Crippen molar-refractivity contribution in [2.24, 2.45) is 0 Å². The van der Waals surface area contributed by atoms with E-state index < -0.39 is 0 Å². The molecule has 10 aromatic rings. The zero-order valence-corrected chi connectivity index (χ0v) is 92.2. The van der Waals surface area contributed by atoms with Gasteiger partial charge in [0.2, 0.25) is 25.7 Å². The van der Waals surface area contributed by atoms with Crippen molar-refractivity contribution in [2.45, 2.75) is 285 Å². The molecule has 0 amide bonds. The normalized spacial score (nSPS) is 24.7. The summed E-state index contributed by atoms with van der Waals surface area (Å²) in [6.07, 6.45) is 57.8. The maximum absolute atomic E-state index is 7.17. The lowest BCUT2D eigenvalue weighted by molar-refractivity contribution is 0.141. The fourth-order valence-electron chi connectivity index (χ4n) is 25.0. The lowest BCUT2D eigenvalue weighted by Crippen LogP contribution is -2.46. The van der Waals surface area contributed by atoms with Crippen LogP contribution < -0.4 is 49.0 Å². The van der Waals surface area contributed by atoms with Gasteiger partial charge in [-0.3, -0.25) is 4.98 Å². The molecule has 25 rings (SSSR count). The third-order valence-electron chi connectivity index (χ3n) is 33.2. The fraction of sp³-hybridized carbons (Fsp3) is 0.728. The minimum Gasteiger partial charge on any atom is -0.355 e. The molecular weight excluding hydrogens is 1990 g/mol. The number of nitrogens with zero attached hydrogens (tertiary/aromatic N) is 33. The zero-order valence-electron chi connectivity index (χ0n) is 84.9. The van der Waals surface area contributed by atoms with Gasteiger partial charge in [0, 0.05) is 239 Å². The van der Waals surface area contributed by atoms with Crippen molar-refractivity contribution in [1.29, 1.82) is 0 Å². The number of aromatic nitrogens is 16. The van der Waals surface area contributed by atoms with E-state index in [2.05, 4.69) is 175 Å². The van der Waals surface area contributed by atoms with E-state index in [1.807, 2.05) is 52.6 Å². The summed E-state index contributed by atoms with van der Waals surface area (Å²) in [7, 11) is 0. The fourth-order valence-corrected chi connectivity index (χ4v) is 33.0. The lowest BCUT2D eigenvalue weighted by Gasteiger charge is -2.40. The Kier molecular flexibility index (Phi) is 36.8. The van der Waals surface area contributed by atoms with Gasteiger partial charge in [-0.15, -0.1) is 96.3 Å². The Morgan fingerprint density at radius 2 is 0.469 bits per heavy atom. The molecular formula is C103H149N33S9. The van der Waals surface area contributed by atoms with Crippen molar-refractivity contribution in [2.75, 3.05) is 245 Å². The molecule has 0 aromatic carbocycles. The van der Waals surface area contributed by atoms with Crippen LogP contribution in [0.5, 0.6) is 0 Å². The van der Waals surface area contributed by atoms with Gasteiger partial charge in [-0.2, -0.15) is 0 Å². The number of hydrogen-bond donors (Lipinski definition) is 0. The van der Waals surface area contributed by atoms with Crippen molar-refractivity contribution >= 4 is 164 Å². The topological polar surface area (TPSA) is 264 Å². The highest BCUT2D eigenvalue weighted by Gasteiger charge is 2.39. The molecule has 10 aromatic heterocycles. The highest BCUT2D eigenvalue weighted by atomic mass is 32.1. The summed E-state index contributed by atoms with van der Waals surface area (Å²) in [5.41, 5.74) is 0. The van der Waals surface area contributed by atoms with Crippen LogP contribution in [0.1, 0.15) is 279 Å². The van der Waals surface area contributed by atoms with Crippen LogP contribution in [0.2, 0.25) is 0 Å². The second-order valence-electron chi connectivity index (χ2n) is 42.5. The van der Waals surface area contributed by atoms with Crippen LogP contribution in [0.15, 0.2) is 54.1 Å². The maximum atomic E-state index is 7.17. The number of hydrogen-bond acceptors (Lipinski definition) is 40. The Labute approximate surface area is 894 Å². The Morgan fingerprint density at radius 1 is 0.214 bits per heavy atom. The molecule has 780 valence electrons. The van der Waals surface area contributed by atoms with Crippen LogP contribution in [-0.2, 0) is 0 Å².